The van der Waals surface area contributed by atoms with Crippen LogP contribution in [0.5, 0.6) is 0 Å². The summed E-state index contributed by atoms with van der Waals surface area (Å²) in [5.41, 5.74) is 9.55. The Labute approximate surface area is 157 Å². The van der Waals surface area contributed by atoms with Crippen molar-refractivity contribution in [3.63, 3.8) is 0 Å². The Morgan fingerprint density at radius 1 is 1.26 bits per heavy atom. The Morgan fingerprint density at radius 3 is 2.78 bits per heavy atom. The van der Waals surface area contributed by atoms with Gasteiger partial charge in [-0.2, -0.15) is 0 Å². The molecule has 0 spiro atoms. The highest BCUT2D eigenvalue weighted by atomic mass is 16.3. The molecule has 1 fully saturated rings. The molecule has 1 saturated heterocycles. The van der Waals surface area contributed by atoms with Crippen LogP contribution in [0.15, 0.2) is 30.3 Å². The van der Waals surface area contributed by atoms with Crippen molar-refractivity contribution in [3.8, 4) is 0 Å². The summed E-state index contributed by atoms with van der Waals surface area (Å²) in [4.78, 5) is 29.6. The van der Waals surface area contributed by atoms with Crippen molar-refractivity contribution >= 4 is 28.3 Å². The van der Waals surface area contributed by atoms with E-state index < -0.39 is 12.1 Å². The molecule has 1 aromatic carbocycles. The minimum atomic E-state index is -0.735. The van der Waals surface area contributed by atoms with Gasteiger partial charge in [-0.15, -0.1) is 0 Å². The van der Waals surface area contributed by atoms with Crippen LogP contribution < -0.4 is 5.73 Å². The molecule has 2 amide bonds. The summed E-state index contributed by atoms with van der Waals surface area (Å²) in [7, 11) is 0. The van der Waals surface area contributed by atoms with Crippen molar-refractivity contribution in [1.29, 1.82) is 0 Å². The molecule has 0 radical (unpaired) electrons. The Bertz CT molecular complexity index is 951. The lowest BCUT2D eigenvalue weighted by Gasteiger charge is -2.21. The van der Waals surface area contributed by atoms with Gasteiger partial charge < -0.3 is 15.7 Å². The van der Waals surface area contributed by atoms with E-state index in [2.05, 4.69) is 11.1 Å². The van der Waals surface area contributed by atoms with Gasteiger partial charge in [-0.1, -0.05) is 18.2 Å². The largest absolute Gasteiger partial charge is 0.373 e. The average Bonchev–Trinajstić information content (AvgIpc) is 2.99. The van der Waals surface area contributed by atoms with Gasteiger partial charge in [-0.25, -0.2) is 4.98 Å². The third kappa shape index (κ3) is 3.45. The highest BCUT2D eigenvalue weighted by Crippen LogP contribution is 2.32. The Kier molecular flexibility index (Phi) is 4.66. The number of aliphatic hydroxyl groups is 1. The van der Waals surface area contributed by atoms with E-state index >= 15 is 0 Å². The summed E-state index contributed by atoms with van der Waals surface area (Å²) in [5.74, 6) is -0.598. The quantitative estimate of drug-likeness (QED) is 0.871. The molecule has 0 saturated carbocycles. The number of benzene rings is 1. The van der Waals surface area contributed by atoms with Gasteiger partial charge in [-0.3, -0.25) is 9.59 Å². The highest BCUT2D eigenvalue weighted by molar-refractivity contribution is 5.99. The number of primary amides is 1. The predicted octanol–water partition coefficient (Wildman–Crippen LogP) is 2.73. The maximum absolute atomic E-state index is 11.9. The van der Waals surface area contributed by atoms with Crippen molar-refractivity contribution in [2.75, 3.05) is 0 Å². The minimum Gasteiger partial charge on any atom is -0.373 e. The zero-order chi connectivity index (χ0) is 19.0. The van der Waals surface area contributed by atoms with E-state index in [1.807, 2.05) is 18.2 Å². The third-order valence-corrected chi connectivity index (χ3v) is 5.41. The number of pyridine rings is 1. The summed E-state index contributed by atoms with van der Waals surface area (Å²) < 4.78 is 0. The number of hydrogen-bond donors (Lipinski definition) is 2. The van der Waals surface area contributed by atoms with E-state index in [1.165, 1.54) is 16.9 Å². The molecule has 1 atom stereocenters. The lowest BCUT2D eigenvalue weighted by atomic mass is 9.91. The third-order valence-electron chi connectivity index (χ3n) is 5.41. The van der Waals surface area contributed by atoms with Crippen LogP contribution in [0.3, 0.4) is 0 Å². The summed E-state index contributed by atoms with van der Waals surface area (Å²) in [6.45, 7) is 0.330. The standard InChI is InChI=1S/C21H23N3O3/c22-21(27)18-11-16(14-4-2-1-3-5-14)15-7-6-13(10-17(15)23-18)12-24-19(25)8-9-20(24)26/h4,6-7,10-11,19,25H,1-3,5,8-9,12H2,(H2,22,27). The molecule has 2 aliphatic rings. The number of fused-ring (bicyclic) bond motifs is 1. The van der Waals surface area contributed by atoms with E-state index in [0.717, 1.165) is 35.8 Å². The van der Waals surface area contributed by atoms with E-state index in [-0.39, 0.29) is 11.6 Å². The zero-order valence-electron chi connectivity index (χ0n) is 15.1. The summed E-state index contributed by atoms with van der Waals surface area (Å²) in [6, 6.07) is 7.61. The van der Waals surface area contributed by atoms with Crippen LogP contribution in [-0.2, 0) is 11.3 Å². The number of allylic oxidation sites excluding steroid dienone is 2. The van der Waals surface area contributed by atoms with Gasteiger partial charge in [-0.05, 0) is 54.5 Å². The number of nitrogens with zero attached hydrogens (tertiary/aromatic N) is 2. The lowest BCUT2D eigenvalue weighted by Crippen LogP contribution is -2.32. The van der Waals surface area contributed by atoms with Crippen molar-refractivity contribution in [3.05, 3.63) is 47.2 Å². The number of likely N-dealkylation sites (tertiary alicyclic amines) is 1. The molecule has 4 rings (SSSR count). The first-order chi connectivity index (χ1) is 13.0. The van der Waals surface area contributed by atoms with E-state index in [4.69, 9.17) is 5.73 Å². The average molecular weight is 365 g/mol. The smallest absolute Gasteiger partial charge is 0.267 e. The Morgan fingerprint density at radius 2 is 2.11 bits per heavy atom. The van der Waals surface area contributed by atoms with Gasteiger partial charge in [0, 0.05) is 24.8 Å². The molecule has 2 heterocycles. The molecule has 6 nitrogen and oxygen atoms in total. The monoisotopic (exact) mass is 365 g/mol. The van der Waals surface area contributed by atoms with Crippen LogP contribution in [0.2, 0.25) is 0 Å². The molecule has 1 aliphatic heterocycles. The number of carbonyl (C=O) groups excluding carboxylic acids is 2. The second-order valence-electron chi connectivity index (χ2n) is 7.29. The van der Waals surface area contributed by atoms with Crippen LogP contribution in [0.1, 0.15) is 60.1 Å². The number of amides is 2. The van der Waals surface area contributed by atoms with Gasteiger partial charge >= 0.3 is 0 Å². The maximum Gasteiger partial charge on any atom is 0.267 e. The normalized spacial score (nSPS) is 20.2. The molecular formula is C21H23N3O3. The van der Waals surface area contributed by atoms with Crippen molar-refractivity contribution in [2.45, 2.75) is 51.3 Å². The molecule has 27 heavy (non-hydrogen) atoms. The van der Waals surface area contributed by atoms with Crippen LogP contribution in [0.4, 0.5) is 0 Å². The van der Waals surface area contributed by atoms with Gasteiger partial charge in [0.2, 0.25) is 5.91 Å². The number of aromatic nitrogens is 1. The van der Waals surface area contributed by atoms with Crippen LogP contribution in [0, 0.1) is 0 Å². The van der Waals surface area contributed by atoms with Gasteiger partial charge in [0.05, 0.1) is 5.52 Å². The molecule has 1 unspecified atom stereocenters. The first-order valence-electron chi connectivity index (χ1n) is 9.43. The fourth-order valence-corrected chi connectivity index (χ4v) is 3.96. The number of rotatable bonds is 4. The molecule has 0 bridgehead atoms. The molecule has 140 valence electrons. The molecular weight excluding hydrogens is 342 g/mol. The van der Waals surface area contributed by atoms with E-state index in [9.17, 15) is 14.7 Å². The fourth-order valence-electron chi connectivity index (χ4n) is 3.96. The Hall–Kier alpha value is -2.73. The van der Waals surface area contributed by atoms with Crippen LogP contribution >= 0.6 is 0 Å². The molecule has 2 aromatic rings. The molecule has 3 N–H and O–H groups in total. The number of hydrogen-bond acceptors (Lipinski definition) is 4. The van der Waals surface area contributed by atoms with Gasteiger partial charge in [0.25, 0.3) is 5.91 Å². The molecule has 1 aromatic heterocycles. The zero-order valence-corrected chi connectivity index (χ0v) is 15.1. The maximum atomic E-state index is 11.9. The van der Waals surface area contributed by atoms with Gasteiger partial charge in [0.1, 0.15) is 11.9 Å². The fraction of sp³-hybridized carbons (Fsp3) is 0.381. The molecule has 1 aliphatic carbocycles. The number of aliphatic hydroxyl groups excluding tert-OH is 1. The Balaban J connectivity index is 1.77. The van der Waals surface area contributed by atoms with Crippen molar-refractivity contribution < 1.29 is 14.7 Å². The summed E-state index contributed by atoms with van der Waals surface area (Å²) in [5, 5.41) is 11.0. The SMILES string of the molecule is NC(=O)c1cc(C2=CCCCC2)c2ccc(CN3C(=O)CCC3O)cc2n1. The molecule has 6 heteroatoms. The highest BCUT2D eigenvalue weighted by Gasteiger charge is 2.29. The van der Waals surface area contributed by atoms with E-state index in [0.29, 0.717) is 24.9 Å². The predicted molar refractivity (Wildman–Crippen MR) is 102 cm³/mol. The summed E-state index contributed by atoms with van der Waals surface area (Å²) in [6.07, 6.45) is 6.68. The lowest BCUT2D eigenvalue weighted by molar-refractivity contribution is -0.134. The summed E-state index contributed by atoms with van der Waals surface area (Å²) >= 11 is 0. The topological polar surface area (TPSA) is 96.5 Å². The minimum absolute atomic E-state index is 0.0468. The second-order valence-corrected chi connectivity index (χ2v) is 7.29. The van der Waals surface area contributed by atoms with Crippen LogP contribution in [0.25, 0.3) is 16.5 Å². The first kappa shape index (κ1) is 17.7. The number of carbonyl (C=O) groups is 2. The van der Waals surface area contributed by atoms with Crippen molar-refractivity contribution in [2.24, 2.45) is 5.73 Å². The second kappa shape index (κ2) is 7.12. The van der Waals surface area contributed by atoms with E-state index in [1.54, 1.807) is 6.07 Å². The van der Waals surface area contributed by atoms with Crippen LogP contribution in [-0.4, -0.2) is 33.0 Å². The van der Waals surface area contributed by atoms with Gasteiger partial charge in [0.15, 0.2) is 0 Å². The number of nitrogens with two attached hydrogens (primary N) is 1. The first-order valence-corrected chi connectivity index (χ1v) is 9.43. The van der Waals surface area contributed by atoms with Crippen molar-refractivity contribution in [1.82, 2.24) is 9.88 Å².